The summed E-state index contributed by atoms with van der Waals surface area (Å²) >= 11 is 0. The highest BCUT2D eigenvalue weighted by molar-refractivity contribution is 5.69. The summed E-state index contributed by atoms with van der Waals surface area (Å²) in [5.74, 6) is -0.791. The first-order valence-corrected chi connectivity index (χ1v) is 6.00. The molecule has 1 aliphatic carbocycles. The van der Waals surface area contributed by atoms with Crippen LogP contribution in [0, 0.1) is 0 Å². The summed E-state index contributed by atoms with van der Waals surface area (Å²) in [4.78, 5) is 10.6. The van der Waals surface area contributed by atoms with Gasteiger partial charge in [0.05, 0.1) is 18.7 Å². The summed E-state index contributed by atoms with van der Waals surface area (Å²) in [5, 5.41) is 13.0. The predicted octanol–water partition coefficient (Wildman–Crippen LogP) is 2.41. The fourth-order valence-corrected chi connectivity index (χ4v) is 2.37. The van der Waals surface area contributed by atoms with E-state index in [2.05, 4.69) is 5.10 Å². The first-order valence-electron chi connectivity index (χ1n) is 6.00. The number of hydrogen-bond donors (Lipinski definition) is 1. The number of aromatic nitrogens is 2. The van der Waals surface area contributed by atoms with Gasteiger partial charge in [-0.15, -0.1) is 0 Å². The average Bonchev–Trinajstić information content (AvgIpc) is 2.53. The second-order valence-electron chi connectivity index (χ2n) is 4.54. The Kier molecular flexibility index (Phi) is 3.59. The Balaban J connectivity index is 2.02. The Morgan fingerprint density at radius 3 is 2.69 bits per heavy atom. The van der Waals surface area contributed by atoms with Crippen molar-refractivity contribution in [1.29, 1.82) is 0 Å². The van der Waals surface area contributed by atoms with Gasteiger partial charge in [-0.25, -0.2) is 0 Å². The molecule has 1 aromatic heterocycles. The van der Waals surface area contributed by atoms with Gasteiger partial charge in [0.2, 0.25) is 0 Å². The van der Waals surface area contributed by atoms with Crippen molar-refractivity contribution >= 4 is 5.97 Å². The average molecular weight is 222 g/mol. The van der Waals surface area contributed by atoms with Gasteiger partial charge < -0.3 is 5.11 Å². The number of nitrogens with zero attached hydrogens (tertiary/aromatic N) is 2. The number of carboxylic acids is 1. The van der Waals surface area contributed by atoms with Crippen molar-refractivity contribution < 1.29 is 9.90 Å². The van der Waals surface area contributed by atoms with Gasteiger partial charge in [-0.1, -0.05) is 25.7 Å². The molecule has 0 spiro atoms. The lowest BCUT2D eigenvalue weighted by molar-refractivity contribution is -0.136. The lowest BCUT2D eigenvalue weighted by Gasteiger charge is -2.14. The maximum atomic E-state index is 10.6. The van der Waals surface area contributed by atoms with Gasteiger partial charge in [-0.05, 0) is 12.8 Å². The molecule has 0 saturated heterocycles. The molecule has 4 nitrogen and oxygen atoms in total. The van der Waals surface area contributed by atoms with E-state index >= 15 is 0 Å². The smallest absolute Gasteiger partial charge is 0.307 e. The normalized spacial score (nSPS) is 18.2. The number of aliphatic carboxylic acids is 1. The van der Waals surface area contributed by atoms with Crippen molar-refractivity contribution in [2.45, 2.75) is 51.0 Å². The topological polar surface area (TPSA) is 55.1 Å². The molecule has 16 heavy (non-hydrogen) atoms. The molecule has 0 aliphatic heterocycles. The number of carbonyl (C=O) groups is 1. The molecular formula is C12H18N2O2. The molecule has 1 N–H and O–H groups in total. The molecule has 88 valence electrons. The molecule has 1 fully saturated rings. The zero-order chi connectivity index (χ0) is 11.4. The molecule has 0 radical (unpaired) electrons. The number of rotatable bonds is 3. The van der Waals surface area contributed by atoms with Crippen molar-refractivity contribution in [3.05, 3.63) is 18.0 Å². The van der Waals surface area contributed by atoms with Crippen molar-refractivity contribution in [3.63, 3.8) is 0 Å². The minimum absolute atomic E-state index is 0.0761. The molecule has 0 unspecified atom stereocenters. The molecule has 0 amide bonds. The maximum Gasteiger partial charge on any atom is 0.307 e. The van der Waals surface area contributed by atoms with E-state index in [1.165, 1.54) is 38.5 Å². The highest BCUT2D eigenvalue weighted by atomic mass is 16.4. The second kappa shape index (κ2) is 5.14. The fourth-order valence-electron chi connectivity index (χ4n) is 2.37. The number of carboxylic acid groups (broad SMARTS) is 1. The molecule has 2 rings (SSSR count). The molecule has 1 aliphatic rings. The SMILES string of the molecule is O=C(O)Cc1cnn(C2CCCCCC2)c1. The molecule has 4 heteroatoms. The van der Waals surface area contributed by atoms with Gasteiger partial charge >= 0.3 is 5.97 Å². The van der Waals surface area contributed by atoms with Crippen LogP contribution in [0.2, 0.25) is 0 Å². The molecule has 0 atom stereocenters. The molecule has 1 aromatic rings. The first kappa shape index (κ1) is 11.2. The van der Waals surface area contributed by atoms with Crippen molar-refractivity contribution in [2.24, 2.45) is 0 Å². The van der Waals surface area contributed by atoms with Crippen LogP contribution in [0.4, 0.5) is 0 Å². The van der Waals surface area contributed by atoms with E-state index in [0.717, 1.165) is 5.56 Å². The van der Waals surface area contributed by atoms with Crippen LogP contribution in [0.15, 0.2) is 12.4 Å². The first-order chi connectivity index (χ1) is 7.75. The van der Waals surface area contributed by atoms with Crippen LogP contribution in [0.3, 0.4) is 0 Å². The zero-order valence-corrected chi connectivity index (χ0v) is 9.43. The number of hydrogen-bond acceptors (Lipinski definition) is 2. The summed E-state index contributed by atoms with van der Waals surface area (Å²) in [5.41, 5.74) is 0.803. The van der Waals surface area contributed by atoms with Gasteiger partial charge in [0.1, 0.15) is 0 Å². The van der Waals surface area contributed by atoms with Crippen molar-refractivity contribution in [1.82, 2.24) is 9.78 Å². The monoisotopic (exact) mass is 222 g/mol. The van der Waals surface area contributed by atoms with Crippen LogP contribution in [-0.2, 0) is 11.2 Å². The Bertz CT molecular complexity index is 352. The van der Waals surface area contributed by atoms with Gasteiger partial charge in [0, 0.05) is 11.8 Å². The van der Waals surface area contributed by atoms with Gasteiger partial charge in [-0.3, -0.25) is 9.48 Å². The van der Waals surface area contributed by atoms with E-state index in [-0.39, 0.29) is 6.42 Å². The Hall–Kier alpha value is -1.32. The summed E-state index contributed by atoms with van der Waals surface area (Å²) < 4.78 is 1.96. The third-order valence-electron chi connectivity index (χ3n) is 3.21. The van der Waals surface area contributed by atoms with Gasteiger partial charge in [0.25, 0.3) is 0 Å². The van der Waals surface area contributed by atoms with Crippen LogP contribution in [0.1, 0.15) is 50.1 Å². The van der Waals surface area contributed by atoms with Crippen molar-refractivity contribution in [3.8, 4) is 0 Å². The second-order valence-corrected chi connectivity index (χ2v) is 4.54. The third-order valence-corrected chi connectivity index (χ3v) is 3.21. The Morgan fingerprint density at radius 2 is 2.06 bits per heavy atom. The highest BCUT2D eigenvalue weighted by Gasteiger charge is 2.15. The van der Waals surface area contributed by atoms with Crippen molar-refractivity contribution in [2.75, 3.05) is 0 Å². The molecule has 1 heterocycles. The van der Waals surface area contributed by atoms with Crippen LogP contribution in [-0.4, -0.2) is 20.9 Å². The van der Waals surface area contributed by atoms with E-state index in [0.29, 0.717) is 6.04 Å². The standard InChI is InChI=1S/C12H18N2O2/c15-12(16)7-10-8-13-14(9-10)11-5-3-1-2-4-6-11/h8-9,11H,1-7H2,(H,15,16). The lowest BCUT2D eigenvalue weighted by atomic mass is 10.1. The predicted molar refractivity (Wildman–Crippen MR) is 60.3 cm³/mol. The fraction of sp³-hybridized carbons (Fsp3) is 0.667. The van der Waals surface area contributed by atoms with Crippen LogP contribution in [0.5, 0.6) is 0 Å². The highest BCUT2D eigenvalue weighted by Crippen LogP contribution is 2.26. The van der Waals surface area contributed by atoms with E-state index in [1.807, 2.05) is 10.9 Å². The molecule has 1 saturated carbocycles. The molecular weight excluding hydrogens is 204 g/mol. The third kappa shape index (κ3) is 2.84. The summed E-state index contributed by atoms with van der Waals surface area (Å²) in [6, 6.07) is 0.477. The Morgan fingerprint density at radius 1 is 1.38 bits per heavy atom. The summed E-state index contributed by atoms with van der Waals surface area (Å²) in [6.07, 6.45) is 11.2. The van der Waals surface area contributed by atoms with Gasteiger partial charge in [-0.2, -0.15) is 5.10 Å². The maximum absolute atomic E-state index is 10.6. The van der Waals surface area contributed by atoms with Crippen LogP contribution < -0.4 is 0 Å². The van der Waals surface area contributed by atoms with E-state index < -0.39 is 5.97 Å². The Labute approximate surface area is 95.3 Å². The quantitative estimate of drug-likeness (QED) is 0.799. The summed E-state index contributed by atoms with van der Waals surface area (Å²) in [7, 11) is 0. The van der Waals surface area contributed by atoms with E-state index in [1.54, 1.807) is 6.20 Å². The van der Waals surface area contributed by atoms with E-state index in [4.69, 9.17) is 5.11 Å². The summed E-state index contributed by atoms with van der Waals surface area (Å²) in [6.45, 7) is 0. The van der Waals surface area contributed by atoms with Crippen LogP contribution in [0.25, 0.3) is 0 Å². The zero-order valence-electron chi connectivity index (χ0n) is 9.43. The molecule has 0 bridgehead atoms. The van der Waals surface area contributed by atoms with Gasteiger partial charge in [0.15, 0.2) is 0 Å². The minimum Gasteiger partial charge on any atom is -0.481 e. The lowest BCUT2D eigenvalue weighted by Crippen LogP contribution is -2.08. The molecule has 0 aromatic carbocycles. The minimum atomic E-state index is -0.791. The largest absolute Gasteiger partial charge is 0.481 e. The van der Waals surface area contributed by atoms with Crippen LogP contribution >= 0.6 is 0 Å². The van der Waals surface area contributed by atoms with E-state index in [9.17, 15) is 4.79 Å².